The fourth-order valence-electron chi connectivity index (χ4n) is 2.48. The number of fused-ring (bicyclic) bond motifs is 1. The van der Waals surface area contributed by atoms with Crippen molar-refractivity contribution in [3.8, 4) is 0 Å². The fourth-order valence-corrected chi connectivity index (χ4v) is 3.72. The van der Waals surface area contributed by atoms with Crippen LogP contribution < -0.4 is 15.3 Å². The van der Waals surface area contributed by atoms with Gasteiger partial charge in [0.25, 0.3) is 0 Å². The van der Waals surface area contributed by atoms with Gasteiger partial charge in [0.2, 0.25) is 0 Å². The summed E-state index contributed by atoms with van der Waals surface area (Å²) in [6.07, 6.45) is 0. The molecule has 0 amide bonds. The molecule has 20 heavy (non-hydrogen) atoms. The smallest absolute Gasteiger partial charge is 0.122 e. The van der Waals surface area contributed by atoms with Gasteiger partial charge in [-0.3, -0.25) is 0 Å². The summed E-state index contributed by atoms with van der Waals surface area (Å²) in [5.41, 5.74) is 1.29. The van der Waals surface area contributed by atoms with Crippen LogP contribution in [0.15, 0.2) is 66.7 Å². The van der Waals surface area contributed by atoms with Gasteiger partial charge in [0, 0.05) is 25.2 Å². The van der Waals surface area contributed by atoms with Gasteiger partial charge >= 0.3 is 0 Å². The molecule has 0 unspecified atom stereocenters. The molecule has 3 rings (SSSR count). The number of rotatable bonds is 3. The molecular weight excluding hydrogens is 258 g/mol. The molecule has 0 aliphatic carbocycles. The van der Waals surface area contributed by atoms with E-state index in [4.69, 9.17) is 0 Å². The largest absolute Gasteiger partial charge is 0.377 e. The lowest BCUT2D eigenvalue weighted by Gasteiger charge is -2.18. The van der Waals surface area contributed by atoms with E-state index in [1.807, 2.05) is 0 Å². The van der Waals surface area contributed by atoms with E-state index >= 15 is 0 Å². The summed E-state index contributed by atoms with van der Waals surface area (Å²) in [4.78, 5) is 2.20. The number of benzene rings is 3. The van der Waals surface area contributed by atoms with Crippen LogP contribution in [-0.2, 0) is 0 Å². The summed E-state index contributed by atoms with van der Waals surface area (Å²) in [6.45, 7) is 0. The topological polar surface area (TPSA) is 3.24 Å². The molecule has 3 aromatic rings. The number of nitrogens with zero attached hydrogens (tertiary/aromatic N) is 1. The Labute approximate surface area is 122 Å². The molecule has 0 aromatic heterocycles. The maximum Gasteiger partial charge on any atom is 0.122 e. The van der Waals surface area contributed by atoms with Crippen molar-refractivity contribution in [2.45, 2.75) is 0 Å². The molecule has 98 valence electrons. The highest BCUT2D eigenvalue weighted by Crippen LogP contribution is 2.23. The zero-order chi connectivity index (χ0) is 13.9. The average molecular weight is 275 g/mol. The van der Waals surface area contributed by atoms with Gasteiger partial charge in [-0.15, -0.1) is 0 Å². The van der Waals surface area contributed by atoms with Crippen molar-refractivity contribution in [1.82, 2.24) is 0 Å². The molecule has 2 radical (unpaired) electrons. The first kappa shape index (κ1) is 12.9. The molecule has 0 aliphatic rings. The number of hydrogen-bond acceptors (Lipinski definition) is 1. The van der Waals surface area contributed by atoms with Gasteiger partial charge in [-0.2, -0.15) is 0 Å². The zero-order valence-corrected chi connectivity index (χ0v) is 12.8. The Balaban J connectivity index is 2.15. The predicted molar refractivity (Wildman–Crippen MR) is 89.7 cm³/mol. The Bertz CT molecular complexity index is 715. The Morgan fingerprint density at radius 3 is 2.15 bits per heavy atom. The van der Waals surface area contributed by atoms with Crippen molar-refractivity contribution in [1.29, 1.82) is 0 Å². The number of hydrogen-bond donors (Lipinski definition) is 0. The SMILES string of the molecule is CN(C)c1cccc2cccc([Si]c3ccccc3)c12. The average Bonchev–Trinajstić information content (AvgIpc) is 2.48. The Hall–Kier alpha value is -2.06. The lowest BCUT2D eigenvalue weighted by Crippen LogP contribution is -2.28. The first-order valence-corrected chi connectivity index (χ1v) is 7.77. The Kier molecular flexibility index (Phi) is 3.57. The molecule has 0 aliphatic heterocycles. The van der Waals surface area contributed by atoms with Gasteiger partial charge in [0.1, 0.15) is 9.52 Å². The van der Waals surface area contributed by atoms with Crippen molar-refractivity contribution in [3.05, 3.63) is 66.7 Å². The summed E-state index contributed by atoms with van der Waals surface area (Å²) in [5.74, 6) is 0. The molecule has 0 N–H and O–H groups in total. The first-order chi connectivity index (χ1) is 9.75. The third-order valence-corrected chi connectivity index (χ3v) is 4.73. The van der Waals surface area contributed by atoms with Crippen LogP contribution in [0.1, 0.15) is 0 Å². The molecule has 0 saturated carbocycles. The molecule has 0 atom stereocenters. The highest BCUT2D eigenvalue weighted by molar-refractivity contribution is 6.70. The second kappa shape index (κ2) is 5.51. The van der Waals surface area contributed by atoms with E-state index < -0.39 is 0 Å². The Morgan fingerprint density at radius 2 is 1.45 bits per heavy atom. The van der Waals surface area contributed by atoms with Gasteiger partial charge in [-0.25, -0.2) is 0 Å². The maximum absolute atomic E-state index is 2.25. The molecule has 0 fully saturated rings. The molecule has 3 aromatic carbocycles. The number of anilines is 1. The third kappa shape index (κ3) is 2.47. The van der Waals surface area contributed by atoms with Crippen LogP contribution in [0.3, 0.4) is 0 Å². The second-order valence-electron chi connectivity index (χ2n) is 5.07. The quantitative estimate of drug-likeness (QED) is 0.664. The molecular formula is C18H17NSi. The van der Waals surface area contributed by atoms with Gasteiger partial charge in [0.15, 0.2) is 0 Å². The van der Waals surface area contributed by atoms with E-state index in [2.05, 4.69) is 85.7 Å². The van der Waals surface area contributed by atoms with Crippen LogP contribution in [0.4, 0.5) is 5.69 Å². The third-order valence-electron chi connectivity index (χ3n) is 3.42. The normalized spacial score (nSPS) is 10.7. The van der Waals surface area contributed by atoms with Crippen molar-refractivity contribution < 1.29 is 0 Å². The summed E-state index contributed by atoms with van der Waals surface area (Å²) in [7, 11) is 4.91. The summed E-state index contributed by atoms with van der Waals surface area (Å²) in [5, 5.41) is 5.49. The van der Waals surface area contributed by atoms with Crippen LogP contribution in [0, 0.1) is 0 Å². The molecule has 0 saturated heterocycles. The first-order valence-electron chi connectivity index (χ1n) is 6.77. The highest BCUT2D eigenvalue weighted by Gasteiger charge is 2.08. The fraction of sp³-hybridized carbons (Fsp3) is 0.111. The van der Waals surface area contributed by atoms with Crippen molar-refractivity contribution in [2.24, 2.45) is 0 Å². The zero-order valence-electron chi connectivity index (χ0n) is 11.8. The Morgan fingerprint density at radius 1 is 0.750 bits per heavy atom. The van der Waals surface area contributed by atoms with Gasteiger partial charge in [-0.05, 0) is 16.6 Å². The van der Waals surface area contributed by atoms with Crippen molar-refractivity contribution in [2.75, 3.05) is 19.0 Å². The van der Waals surface area contributed by atoms with Crippen LogP contribution in [0.25, 0.3) is 10.8 Å². The molecule has 2 heteroatoms. The van der Waals surface area contributed by atoms with E-state index in [1.165, 1.54) is 26.8 Å². The van der Waals surface area contributed by atoms with E-state index in [-0.39, 0.29) is 0 Å². The lowest BCUT2D eigenvalue weighted by atomic mass is 10.1. The van der Waals surface area contributed by atoms with Crippen LogP contribution in [-0.4, -0.2) is 23.6 Å². The minimum atomic E-state index is 0.693. The monoisotopic (exact) mass is 275 g/mol. The lowest BCUT2D eigenvalue weighted by molar-refractivity contribution is 1.14. The minimum absolute atomic E-state index is 0.693. The van der Waals surface area contributed by atoms with E-state index in [1.54, 1.807) is 0 Å². The van der Waals surface area contributed by atoms with Crippen LogP contribution in [0.2, 0.25) is 0 Å². The van der Waals surface area contributed by atoms with Crippen molar-refractivity contribution >= 4 is 36.4 Å². The molecule has 0 spiro atoms. The van der Waals surface area contributed by atoms with Crippen LogP contribution >= 0.6 is 0 Å². The van der Waals surface area contributed by atoms with Crippen molar-refractivity contribution in [3.63, 3.8) is 0 Å². The summed E-state index contributed by atoms with van der Waals surface area (Å²) >= 11 is 0. The van der Waals surface area contributed by atoms with E-state index in [0.717, 1.165) is 0 Å². The van der Waals surface area contributed by atoms with E-state index in [9.17, 15) is 0 Å². The van der Waals surface area contributed by atoms with Gasteiger partial charge < -0.3 is 4.90 Å². The maximum atomic E-state index is 2.25. The molecule has 0 bridgehead atoms. The highest BCUT2D eigenvalue weighted by atomic mass is 28.2. The van der Waals surface area contributed by atoms with Gasteiger partial charge in [-0.1, -0.05) is 65.9 Å². The van der Waals surface area contributed by atoms with Crippen LogP contribution in [0.5, 0.6) is 0 Å². The predicted octanol–water partition coefficient (Wildman–Crippen LogP) is 2.56. The molecule has 1 nitrogen and oxygen atoms in total. The van der Waals surface area contributed by atoms with Gasteiger partial charge in [0.05, 0.1) is 0 Å². The second-order valence-corrected chi connectivity index (χ2v) is 6.43. The minimum Gasteiger partial charge on any atom is -0.377 e. The molecule has 0 heterocycles. The summed E-state index contributed by atoms with van der Waals surface area (Å²) in [6, 6.07) is 23.8. The summed E-state index contributed by atoms with van der Waals surface area (Å²) < 4.78 is 0. The van der Waals surface area contributed by atoms with E-state index in [0.29, 0.717) is 9.52 Å². The standard InChI is InChI=1S/C18H17NSi/c1-19(2)16-12-6-8-14-9-7-13-17(18(14)16)20-15-10-4-3-5-11-15/h3-13H,1-2H3.